The van der Waals surface area contributed by atoms with E-state index in [0.29, 0.717) is 28.6 Å². The monoisotopic (exact) mass is 405 g/mol. The molecule has 0 saturated carbocycles. The maximum absolute atomic E-state index is 13.0. The van der Waals surface area contributed by atoms with Crippen LogP contribution in [-0.2, 0) is 16.0 Å². The molecule has 1 aliphatic rings. The largest absolute Gasteiger partial charge is 0.465 e. The van der Waals surface area contributed by atoms with Crippen molar-refractivity contribution in [3.05, 3.63) is 65.2 Å². The summed E-state index contributed by atoms with van der Waals surface area (Å²) in [4.78, 5) is 40.2. The molecule has 0 unspecified atom stereocenters. The number of para-hydroxylation sites is 1. The van der Waals surface area contributed by atoms with Crippen LogP contribution in [0.1, 0.15) is 40.2 Å². The first-order chi connectivity index (χ1) is 14.5. The fourth-order valence-corrected chi connectivity index (χ4v) is 3.63. The molecule has 0 bridgehead atoms. The highest BCUT2D eigenvalue weighted by atomic mass is 16.5. The highest BCUT2D eigenvalue weighted by molar-refractivity contribution is 6.07. The Hall–Kier alpha value is -3.94. The van der Waals surface area contributed by atoms with Crippen molar-refractivity contribution in [2.45, 2.75) is 19.3 Å². The van der Waals surface area contributed by atoms with Crippen LogP contribution < -0.4 is 11.1 Å². The van der Waals surface area contributed by atoms with Crippen molar-refractivity contribution in [3.63, 3.8) is 0 Å². The van der Waals surface area contributed by atoms with Crippen LogP contribution >= 0.6 is 0 Å². The van der Waals surface area contributed by atoms with Crippen LogP contribution in [0.25, 0.3) is 22.6 Å². The van der Waals surface area contributed by atoms with Gasteiger partial charge in [0.2, 0.25) is 0 Å². The third kappa shape index (κ3) is 3.93. The third-order valence-corrected chi connectivity index (χ3v) is 4.83. The molecular formula is C22H19N3O5. The number of nitrogens with one attached hydrogen (secondary N) is 1. The lowest BCUT2D eigenvalue weighted by molar-refractivity contribution is -0.123. The fraction of sp³-hybridized carbons (Fsp3) is 0.182. The van der Waals surface area contributed by atoms with Crippen LogP contribution in [0.2, 0.25) is 0 Å². The molecule has 4 rings (SSSR count). The molecule has 1 aliphatic carbocycles. The van der Waals surface area contributed by atoms with Crippen molar-refractivity contribution in [2.75, 3.05) is 6.61 Å². The lowest BCUT2D eigenvalue weighted by Crippen LogP contribution is -2.37. The summed E-state index contributed by atoms with van der Waals surface area (Å²) in [7, 11) is 0. The Kier molecular flexibility index (Phi) is 5.30. The lowest BCUT2D eigenvalue weighted by Gasteiger charge is -2.22. The number of primary amides is 1. The van der Waals surface area contributed by atoms with Gasteiger partial charge in [0.25, 0.3) is 5.91 Å². The van der Waals surface area contributed by atoms with Gasteiger partial charge in [-0.15, -0.1) is 0 Å². The van der Waals surface area contributed by atoms with Gasteiger partial charge in [0.1, 0.15) is 5.76 Å². The van der Waals surface area contributed by atoms with Gasteiger partial charge in [-0.2, -0.15) is 0 Å². The zero-order valence-corrected chi connectivity index (χ0v) is 16.0. The summed E-state index contributed by atoms with van der Waals surface area (Å²) >= 11 is 0. The SMILES string of the molecule is NC(=O)NC(=O)COC(=O)c1c2c(nc3ccccc13)/C(=C\c1ccco1)CCC2. The Labute approximate surface area is 171 Å². The van der Waals surface area contributed by atoms with Crippen molar-refractivity contribution >= 4 is 40.5 Å². The molecule has 2 heterocycles. The number of imide groups is 1. The van der Waals surface area contributed by atoms with E-state index in [4.69, 9.17) is 19.9 Å². The molecule has 0 saturated heterocycles. The molecule has 3 aromatic rings. The van der Waals surface area contributed by atoms with E-state index in [0.717, 1.165) is 29.7 Å². The Balaban J connectivity index is 1.76. The summed E-state index contributed by atoms with van der Waals surface area (Å²) in [5, 5.41) is 2.52. The van der Waals surface area contributed by atoms with Gasteiger partial charge in [0.05, 0.1) is 23.0 Å². The summed E-state index contributed by atoms with van der Waals surface area (Å²) in [6.45, 7) is -0.609. The van der Waals surface area contributed by atoms with Crippen molar-refractivity contribution < 1.29 is 23.5 Å². The standard InChI is InChI=1S/C22H19N3O5/c23-22(28)25-18(26)12-30-21(27)19-15-7-1-2-9-17(15)24-20-13(5-3-8-16(19)20)11-14-6-4-10-29-14/h1-2,4,6-7,9-11H,3,5,8,12H2,(H3,23,25,26,28)/b13-11-. The molecule has 3 amide bonds. The molecule has 8 heteroatoms. The minimum Gasteiger partial charge on any atom is -0.465 e. The normalized spacial score (nSPS) is 14.3. The number of carbonyl (C=O) groups is 3. The van der Waals surface area contributed by atoms with E-state index >= 15 is 0 Å². The number of fused-ring (bicyclic) bond motifs is 2. The van der Waals surface area contributed by atoms with Crippen LogP contribution in [0.15, 0.2) is 47.1 Å². The van der Waals surface area contributed by atoms with Crippen LogP contribution in [0, 0.1) is 0 Å². The maximum atomic E-state index is 13.0. The number of furan rings is 1. The molecule has 0 radical (unpaired) electrons. The van der Waals surface area contributed by atoms with Crippen LogP contribution in [0.5, 0.6) is 0 Å². The number of pyridine rings is 1. The summed E-state index contributed by atoms with van der Waals surface area (Å²) < 4.78 is 10.6. The van der Waals surface area contributed by atoms with Crippen molar-refractivity contribution in [3.8, 4) is 0 Å². The summed E-state index contributed by atoms with van der Waals surface area (Å²) in [5.41, 5.74) is 8.42. The van der Waals surface area contributed by atoms with E-state index in [1.807, 2.05) is 41.7 Å². The average molecular weight is 405 g/mol. The Morgan fingerprint density at radius 3 is 2.77 bits per heavy atom. The number of nitrogens with zero attached hydrogens (tertiary/aromatic N) is 1. The Bertz CT molecular complexity index is 1160. The molecule has 0 aliphatic heterocycles. The molecular weight excluding hydrogens is 386 g/mol. The second-order valence-electron chi connectivity index (χ2n) is 6.86. The summed E-state index contributed by atoms with van der Waals surface area (Å²) in [6, 6.07) is 9.94. The molecule has 152 valence electrons. The molecule has 0 spiro atoms. The zero-order chi connectivity index (χ0) is 21.1. The van der Waals surface area contributed by atoms with E-state index in [1.165, 1.54) is 0 Å². The topological polar surface area (TPSA) is 125 Å². The van der Waals surface area contributed by atoms with Gasteiger partial charge in [-0.1, -0.05) is 18.2 Å². The van der Waals surface area contributed by atoms with Crippen molar-refractivity contribution in [1.29, 1.82) is 0 Å². The molecule has 0 atom stereocenters. The van der Waals surface area contributed by atoms with Crippen molar-refractivity contribution in [2.24, 2.45) is 5.73 Å². The highest BCUT2D eigenvalue weighted by Gasteiger charge is 2.26. The Morgan fingerprint density at radius 1 is 1.17 bits per heavy atom. The average Bonchev–Trinajstić information content (AvgIpc) is 3.23. The highest BCUT2D eigenvalue weighted by Crippen LogP contribution is 2.36. The number of benzene rings is 1. The number of ether oxygens (including phenoxy) is 1. The number of urea groups is 1. The molecule has 1 aromatic carbocycles. The first-order valence-electron chi connectivity index (χ1n) is 9.45. The fourth-order valence-electron chi connectivity index (χ4n) is 3.63. The number of aromatic nitrogens is 1. The second-order valence-corrected chi connectivity index (χ2v) is 6.86. The molecule has 30 heavy (non-hydrogen) atoms. The van der Waals surface area contributed by atoms with Crippen molar-refractivity contribution in [1.82, 2.24) is 10.3 Å². The van der Waals surface area contributed by atoms with Gasteiger partial charge in [-0.3, -0.25) is 10.1 Å². The molecule has 2 aromatic heterocycles. The van der Waals surface area contributed by atoms with Gasteiger partial charge < -0.3 is 14.9 Å². The van der Waals surface area contributed by atoms with Crippen LogP contribution in [0.4, 0.5) is 4.79 Å². The van der Waals surface area contributed by atoms with E-state index < -0.39 is 24.5 Å². The zero-order valence-electron chi connectivity index (χ0n) is 16.0. The smallest absolute Gasteiger partial charge is 0.339 e. The van der Waals surface area contributed by atoms with Crippen LogP contribution in [-0.4, -0.2) is 29.5 Å². The van der Waals surface area contributed by atoms with E-state index in [9.17, 15) is 14.4 Å². The van der Waals surface area contributed by atoms with Gasteiger partial charge in [0.15, 0.2) is 6.61 Å². The quantitative estimate of drug-likeness (QED) is 0.643. The van der Waals surface area contributed by atoms with Crippen LogP contribution in [0.3, 0.4) is 0 Å². The van der Waals surface area contributed by atoms with Gasteiger partial charge in [0, 0.05) is 5.39 Å². The number of allylic oxidation sites excluding steroid dienone is 1. The summed E-state index contributed by atoms with van der Waals surface area (Å²) in [5.74, 6) is -0.731. The number of hydrogen-bond donors (Lipinski definition) is 2. The minimum atomic E-state index is -1.00. The lowest BCUT2D eigenvalue weighted by atomic mass is 9.86. The minimum absolute atomic E-state index is 0.382. The molecule has 0 fully saturated rings. The number of rotatable bonds is 4. The third-order valence-electron chi connectivity index (χ3n) is 4.83. The molecule has 3 N–H and O–H groups in total. The number of nitrogens with two attached hydrogens (primary N) is 1. The number of esters is 1. The predicted molar refractivity (Wildman–Crippen MR) is 109 cm³/mol. The maximum Gasteiger partial charge on any atom is 0.339 e. The van der Waals surface area contributed by atoms with Gasteiger partial charge >= 0.3 is 12.0 Å². The second kappa shape index (κ2) is 8.20. The van der Waals surface area contributed by atoms with Gasteiger partial charge in [-0.05, 0) is 54.7 Å². The van der Waals surface area contributed by atoms with E-state index in [1.54, 1.807) is 12.3 Å². The van der Waals surface area contributed by atoms with Gasteiger partial charge in [-0.25, -0.2) is 14.6 Å². The number of hydrogen-bond acceptors (Lipinski definition) is 6. The molecule has 8 nitrogen and oxygen atoms in total. The van der Waals surface area contributed by atoms with E-state index in [2.05, 4.69) is 0 Å². The number of amides is 3. The first-order valence-corrected chi connectivity index (χ1v) is 9.45. The number of carbonyl (C=O) groups excluding carboxylic acids is 3. The van der Waals surface area contributed by atoms with E-state index in [-0.39, 0.29) is 0 Å². The predicted octanol–water partition coefficient (Wildman–Crippen LogP) is 3.06. The Morgan fingerprint density at radius 2 is 2.00 bits per heavy atom. The summed E-state index contributed by atoms with van der Waals surface area (Å²) in [6.07, 6.45) is 5.82. The first kappa shape index (κ1) is 19.4.